The summed E-state index contributed by atoms with van der Waals surface area (Å²) in [5.74, 6) is 0.633. The zero-order valence-corrected chi connectivity index (χ0v) is 11.6. The van der Waals surface area contributed by atoms with Gasteiger partial charge in [-0.2, -0.15) is 0 Å². The van der Waals surface area contributed by atoms with Gasteiger partial charge in [-0.25, -0.2) is 4.98 Å². The van der Waals surface area contributed by atoms with Crippen LogP contribution in [0.1, 0.15) is 27.9 Å². The minimum absolute atomic E-state index is 0.475. The molecule has 1 N–H and O–H groups in total. The van der Waals surface area contributed by atoms with Gasteiger partial charge in [0, 0.05) is 11.4 Å². The topological polar surface area (TPSA) is 24.9 Å². The Labute approximate surface area is 112 Å². The van der Waals surface area contributed by atoms with Crippen molar-refractivity contribution < 1.29 is 0 Å². The maximum atomic E-state index is 4.60. The Kier molecular flexibility index (Phi) is 3.18. The van der Waals surface area contributed by atoms with Gasteiger partial charge in [0.1, 0.15) is 0 Å². The molecule has 2 nitrogen and oxygen atoms in total. The molecule has 2 atom stereocenters. The molecule has 1 aliphatic rings. The quantitative estimate of drug-likeness (QED) is 0.915. The molecule has 94 valence electrons. The van der Waals surface area contributed by atoms with Crippen molar-refractivity contribution in [2.75, 3.05) is 7.05 Å². The van der Waals surface area contributed by atoms with E-state index < -0.39 is 0 Å². The molecule has 2 unspecified atom stereocenters. The molecule has 0 saturated carbocycles. The summed E-state index contributed by atoms with van der Waals surface area (Å²) in [4.78, 5) is 4.60. The molecule has 0 bridgehead atoms. The van der Waals surface area contributed by atoms with Gasteiger partial charge in [-0.15, -0.1) is 11.3 Å². The first-order valence-corrected chi connectivity index (χ1v) is 7.32. The van der Waals surface area contributed by atoms with Gasteiger partial charge in [-0.1, -0.05) is 24.3 Å². The predicted octanol–water partition coefficient (Wildman–Crippen LogP) is 3.13. The summed E-state index contributed by atoms with van der Waals surface area (Å²) in [6, 6.07) is 9.26. The molecule has 0 amide bonds. The Hall–Kier alpha value is -1.19. The van der Waals surface area contributed by atoms with E-state index in [1.165, 1.54) is 21.8 Å². The second-order valence-electron chi connectivity index (χ2n) is 4.99. The second-order valence-corrected chi connectivity index (χ2v) is 6.05. The number of fused-ring (bicyclic) bond motifs is 1. The van der Waals surface area contributed by atoms with Gasteiger partial charge < -0.3 is 5.32 Å². The van der Waals surface area contributed by atoms with Crippen LogP contribution in [0.25, 0.3) is 0 Å². The maximum Gasteiger partial charge on any atom is 0.0897 e. The number of nitrogens with zero attached hydrogens (tertiary/aromatic N) is 1. The maximum absolute atomic E-state index is 4.60. The molecule has 0 spiro atoms. The lowest BCUT2D eigenvalue weighted by molar-refractivity contribution is 0.407. The highest BCUT2D eigenvalue weighted by molar-refractivity contribution is 7.09. The summed E-state index contributed by atoms with van der Waals surface area (Å²) in [7, 11) is 2.06. The Balaban J connectivity index is 1.83. The fourth-order valence-electron chi connectivity index (χ4n) is 3.03. The summed E-state index contributed by atoms with van der Waals surface area (Å²) in [5, 5.41) is 6.84. The summed E-state index contributed by atoms with van der Waals surface area (Å²) >= 11 is 1.75. The minimum Gasteiger partial charge on any atom is -0.313 e. The minimum atomic E-state index is 0.475. The highest BCUT2D eigenvalue weighted by atomic mass is 32.1. The Morgan fingerprint density at radius 1 is 1.39 bits per heavy atom. The summed E-state index contributed by atoms with van der Waals surface area (Å²) < 4.78 is 0. The van der Waals surface area contributed by atoms with Crippen molar-refractivity contribution in [3.05, 3.63) is 51.5 Å². The van der Waals surface area contributed by atoms with Crippen LogP contribution in [0, 0.1) is 12.8 Å². The van der Waals surface area contributed by atoms with Gasteiger partial charge in [0.15, 0.2) is 0 Å². The fraction of sp³-hybridized carbons (Fsp3) is 0.400. The van der Waals surface area contributed by atoms with Crippen LogP contribution in [0.3, 0.4) is 0 Å². The van der Waals surface area contributed by atoms with Crippen molar-refractivity contribution in [1.82, 2.24) is 10.3 Å². The van der Waals surface area contributed by atoms with Crippen LogP contribution in [0.2, 0.25) is 0 Å². The number of hydrogen-bond acceptors (Lipinski definition) is 3. The summed E-state index contributed by atoms with van der Waals surface area (Å²) in [6.07, 6.45) is 2.24. The lowest BCUT2D eigenvalue weighted by Gasteiger charge is -2.19. The average Bonchev–Trinajstić information content (AvgIpc) is 2.92. The van der Waals surface area contributed by atoms with Crippen LogP contribution in [-0.4, -0.2) is 12.0 Å². The van der Waals surface area contributed by atoms with Gasteiger partial charge in [-0.3, -0.25) is 0 Å². The van der Waals surface area contributed by atoms with Crippen LogP contribution in [-0.2, 0) is 12.8 Å². The number of nitrogens with one attached hydrogen (secondary N) is 1. The van der Waals surface area contributed by atoms with Gasteiger partial charge in [0.25, 0.3) is 0 Å². The average molecular weight is 258 g/mol. The van der Waals surface area contributed by atoms with Crippen LogP contribution in [0.5, 0.6) is 0 Å². The molecule has 1 heterocycles. The molecule has 1 aromatic heterocycles. The van der Waals surface area contributed by atoms with E-state index in [4.69, 9.17) is 0 Å². The number of aromatic nitrogens is 1. The zero-order chi connectivity index (χ0) is 12.5. The van der Waals surface area contributed by atoms with Gasteiger partial charge in [0.05, 0.1) is 10.7 Å². The van der Waals surface area contributed by atoms with E-state index >= 15 is 0 Å². The summed E-state index contributed by atoms with van der Waals surface area (Å²) in [6.45, 7) is 2.08. The third-order valence-corrected chi connectivity index (χ3v) is 4.61. The Morgan fingerprint density at radius 3 is 2.94 bits per heavy atom. The molecule has 3 heteroatoms. The zero-order valence-electron chi connectivity index (χ0n) is 10.8. The van der Waals surface area contributed by atoms with Gasteiger partial charge >= 0.3 is 0 Å². The van der Waals surface area contributed by atoms with Crippen molar-refractivity contribution in [2.24, 2.45) is 5.92 Å². The Morgan fingerprint density at radius 2 is 2.22 bits per heavy atom. The van der Waals surface area contributed by atoms with E-state index in [-0.39, 0.29) is 0 Å². The molecule has 1 aliphatic carbocycles. The summed E-state index contributed by atoms with van der Waals surface area (Å²) in [5.41, 5.74) is 4.21. The molecule has 3 rings (SSSR count). The molecule has 1 aromatic carbocycles. The highest BCUT2D eigenvalue weighted by Gasteiger charge is 2.31. The first-order chi connectivity index (χ1) is 8.78. The number of thiazole rings is 1. The molecule has 0 saturated heterocycles. The van der Waals surface area contributed by atoms with Crippen molar-refractivity contribution in [1.29, 1.82) is 0 Å². The third-order valence-electron chi connectivity index (χ3n) is 3.79. The van der Waals surface area contributed by atoms with Gasteiger partial charge in [0.2, 0.25) is 0 Å². The lowest BCUT2D eigenvalue weighted by Crippen LogP contribution is -2.23. The second kappa shape index (κ2) is 4.82. The van der Waals surface area contributed by atoms with E-state index in [1.54, 1.807) is 11.3 Å². The normalized spacial score (nSPS) is 22.1. The van der Waals surface area contributed by atoms with Crippen LogP contribution in [0.4, 0.5) is 0 Å². The highest BCUT2D eigenvalue weighted by Crippen LogP contribution is 2.37. The smallest absolute Gasteiger partial charge is 0.0897 e. The largest absolute Gasteiger partial charge is 0.313 e. The third kappa shape index (κ3) is 2.08. The fourth-order valence-corrected chi connectivity index (χ4v) is 3.66. The number of hydrogen-bond donors (Lipinski definition) is 1. The van der Waals surface area contributed by atoms with E-state index in [9.17, 15) is 0 Å². The first-order valence-electron chi connectivity index (χ1n) is 6.44. The van der Waals surface area contributed by atoms with Crippen molar-refractivity contribution in [3.63, 3.8) is 0 Å². The van der Waals surface area contributed by atoms with Crippen molar-refractivity contribution in [3.8, 4) is 0 Å². The van der Waals surface area contributed by atoms with E-state index in [0.29, 0.717) is 12.0 Å². The van der Waals surface area contributed by atoms with Crippen molar-refractivity contribution in [2.45, 2.75) is 25.8 Å². The standard InChI is InChI=1S/C15H18N2S/c1-10-17-13(9-18-10)8-12-7-11-5-3-4-6-14(11)15(12)16-2/h3-6,9,12,15-16H,7-8H2,1-2H3. The Bertz CT molecular complexity index is 547. The molecule has 0 fully saturated rings. The molecular formula is C15H18N2S. The SMILES string of the molecule is CNC1c2ccccc2CC1Cc1csc(C)n1. The molecule has 0 radical (unpaired) electrons. The van der Waals surface area contributed by atoms with E-state index in [1.807, 2.05) is 0 Å². The van der Waals surface area contributed by atoms with E-state index in [0.717, 1.165) is 12.8 Å². The van der Waals surface area contributed by atoms with Crippen LogP contribution >= 0.6 is 11.3 Å². The molecule has 18 heavy (non-hydrogen) atoms. The number of aryl methyl sites for hydroxylation is 1. The predicted molar refractivity (Wildman–Crippen MR) is 76.0 cm³/mol. The molecule has 2 aromatic rings. The lowest BCUT2D eigenvalue weighted by atomic mass is 9.96. The van der Waals surface area contributed by atoms with Crippen LogP contribution in [0.15, 0.2) is 29.6 Å². The first kappa shape index (κ1) is 11.9. The van der Waals surface area contributed by atoms with Gasteiger partial charge in [-0.05, 0) is 43.9 Å². The number of rotatable bonds is 3. The van der Waals surface area contributed by atoms with Crippen LogP contribution < -0.4 is 5.32 Å². The van der Waals surface area contributed by atoms with Crippen molar-refractivity contribution >= 4 is 11.3 Å². The molecular weight excluding hydrogens is 240 g/mol. The molecule has 0 aliphatic heterocycles. The number of benzene rings is 1. The monoisotopic (exact) mass is 258 g/mol. The van der Waals surface area contributed by atoms with E-state index in [2.05, 4.69) is 53.9 Å².